The fourth-order valence-electron chi connectivity index (χ4n) is 5.54. The third-order valence-corrected chi connectivity index (χ3v) is 8.68. The van der Waals surface area contributed by atoms with Crippen LogP contribution in [0.15, 0.2) is 24.3 Å². The summed E-state index contributed by atoms with van der Waals surface area (Å²) in [5.41, 5.74) is 6.57. The van der Waals surface area contributed by atoms with E-state index in [-0.39, 0.29) is 38.4 Å². The zero-order valence-corrected chi connectivity index (χ0v) is 33.3. The highest BCUT2D eigenvalue weighted by atomic mass is 16.9. The molecule has 0 aromatic heterocycles. The van der Waals surface area contributed by atoms with E-state index in [4.69, 9.17) is 14.2 Å². The predicted octanol–water partition coefficient (Wildman–Crippen LogP) is 12.3. The van der Waals surface area contributed by atoms with Crippen LogP contribution in [0.4, 0.5) is 0 Å². The van der Waals surface area contributed by atoms with Crippen molar-refractivity contribution in [2.24, 2.45) is 5.92 Å². The van der Waals surface area contributed by atoms with Crippen LogP contribution in [0.1, 0.15) is 179 Å². The van der Waals surface area contributed by atoms with Crippen LogP contribution in [-0.2, 0) is 37.2 Å². The fraction of sp³-hybridized carbons (Fsp3) is 0.714. The maximum atomic E-state index is 7.38. The molecule has 2 aromatic carbocycles. The van der Waals surface area contributed by atoms with Crippen LogP contribution in [0, 0.1) is 5.92 Å². The van der Waals surface area contributed by atoms with Crippen molar-refractivity contribution in [3.8, 4) is 11.5 Å². The van der Waals surface area contributed by atoms with Crippen LogP contribution in [0.5, 0.6) is 11.5 Å². The van der Waals surface area contributed by atoms with Crippen molar-refractivity contribution in [2.45, 2.75) is 184 Å². The van der Waals surface area contributed by atoms with Crippen molar-refractivity contribution in [2.75, 3.05) is 6.61 Å². The third kappa shape index (κ3) is 9.09. The van der Waals surface area contributed by atoms with Gasteiger partial charge in [0.05, 0.1) is 12.5 Å². The van der Waals surface area contributed by atoms with Crippen molar-refractivity contribution >= 4 is 0 Å². The van der Waals surface area contributed by atoms with Crippen LogP contribution < -0.4 is 9.47 Å². The van der Waals surface area contributed by atoms with E-state index < -0.39 is 5.97 Å². The molecular weight excluding hydrogens is 552 g/mol. The van der Waals surface area contributed by atoms with Crippen molar-refractivity contribution in [3.05, 3.63) is 57.6 Å². The van der Waals surface area contributed by atoms with Gasteiger partial charge >= 0.3 is 5.97 Å². The van der Waals surface area contributed by atoms with Gasteiger partial charge in [0.1, 0.15) is 11.5 Å². The normalized spacial score (nSPS) is 14.3. The van der Waals surface area contributed by atoms with E-state index in [2.05, 4.69) is 163 Å². The summed E-state index contributed by atoms with van der Waals surface area (Å²) in [6.45, 7) is 47.7. The Bertz CT molecular complexity index is 1150. The molecule has 0 spiro atoms. The number of hydrogen-bond donors (Lipinski definition) is 0. The van der Waals surface area contributed by atoms with Crippen molar-refractivity contribution in [3.63, 3.8) is 0 Å². The second-order valence-electron chi connectivity index (χ2n) is 19.7. The first-order valence-electron chi connectivity index (χ1n) is 17.3. The molecule has 0 amide bonds. The molecule has 0 N–H and O–H groups in total. The van der Waals surface area contributed by atoms with Gasteiger partial charge in [-0.3, -0.25) is 0 Å². The molecule has 0 atom stereocenters. The summed E-state index contributed by atoms with van der Waals surface area (Å²) < 4.78 is 21.5. The molecular formula is C42H70O3. The standard InChI is InChI=1S/C42H70O3/c1-22-43-42(27(2)3,44-34-30(38(10,11)12)23-28(36(4,5)6)24-31(34)39(13,14)15)45-35-32(40(16,17)18)25-29(37(7,8)9)26-33(35)41(19,20)21/h23-27H,22H2,1-21H3. The summed E-state index contributed by atoms with van der Waals surface area (Å²) in [7, 11) is 0. The van der Waals surface area contributed by atoms with Gasteiger partial charge in [-0.1, -0.05) is 163 Å². The van der Waals surface area contributed by atoms with Crippen molar-refractivity contribution in [1.29, 1.82) is 0 Å². The molecule has 3 heteroatoms. The first-order chi connectivity index (χ1) is 19.9. The molecule has 45 heavy (non-hydrogen) atoms. The highest BCUT2D eigenvalue weighted by Gasteiger charge is 2.46. The molecule has 0 aliphatic rings. The Morgan fingerprint density at radius 2 is 0.689 bits per heavy atom. The molecule has 0 unspecified atom stereocenters. The second-order valence-corrected chi connectivity index (χ2v) is 19.7. The smallest absolute Gasteiger partial charge is 0.374 e. The van der Waals surface area contributed by atoms with Gasteiger partial charge in [-0.2, -0.15) is 0 Å². The Hall–Kier alpha value is -2.00. The number of rotatable bonds is 7. The van der Waals surface area contributed by atoms with Crippen LogP contribution in [0.25, 0.3) is 0 Å². The van der Waals surface area contributed by atoms with Crippen molar-refractivity contribution in [1.82, 2.24) is 0 Å². The molecule has 0 saturated heterocycles. The van der Waals surface area contributed by atoms with Gasteiger partial charge in [0.25, 0.3) is 0 Å². The van der Waals surface area contributed by atoms with E-state index >= 15 is 0 Å². The van der Waals surface area contributed by atoms with E-state index in [0.717, 1.165) is 11.5 Å². The van der Waals surface area contributed by atoms with E-state index in [0.29, 0.717) is 6.61 Å². The zero-order chi connectivity index (χ0) is 35.4. The largest absolute Gasteiger partial charge is 0.429 e. The van der Waals surface area contributed by atoms with Crippen LogP contribution in [0.3, 0.4) is 0 Å². The Morgan fingerprint density at radius 1 is 0.444 bits per heavy atom. The Morgan fingerprint density at radius 3 is 0.844 bits per heavy atom. The van der Waals surface area contributed by atoms with Crippen molar-refractivity contribution < 1.29 is 14.2 Å². The molecule has 0 fully saturated rings. The molecule has 0 saturated carbocycles. The minimum Gasteiger partial charge on any atom is -0.429 e. The number of hydrogen-bond acceptors (Lipinski definition) is 3. The maximum Gasteiger partial charge on any atom is 0.374 e. The van der Waals surface area contributed by atoms with Crippen LogP contribution in [-0.4, -0.2) is 12.6 Å². The topological polar surface area (TPSA) is 27.7 Å². The van der Waals surface area contributed by atoms with Crippen LogP contribution >= 0.6 is 0 Å². The van der Waals surface area contributed by atoms with Crippen LogP contribution in [0.2, 0.25) is 0 Å². The number of ether oxygens (including phenoxy) is 3. The summed E-state index contributed by atoms with van der Waals surface area (Å²) in [6, 6.07) is 9.39. The molecule has 256 valence electrons. The van der Waals surface area contributed by atoms with Gasteiger partial charge < -0.3 is 14.2 Å². The first-order valence-corrected chi connectivity index (χ1v) is 17.3. The van der Waals surface area contributed by atoms with E-state index in [9.17, 15) is 0 Å². The summed E-state index contributed by atoms with van der Waals surface area (Å²) in [4.78, 5) is 0. The molecule has 3 nitrogen and oxygen atoms in total. The fourth-order valence-corrected chi connectivity index (χ4v) is 5.54. The Kier molecular flexibility index (Phi) is 10.9. The quantitative estimate of drug-likeness (QED) is 0.288. The summed E-state index contributed by atoms with van der Waals surface area (Å²) >= 11 is 0. The van der Waals surface area contributed by atoms with E-state index in [1.54, 1.807) is 0 Å². The highest BCUT2D eigenvalue weighted by Crippen LogP contribution is 2.48. The molecule has 2 aromatic rings. The molecule has 2 rings (SSSR count). The summed E-state index contributed by atoms with van der Waals surface area (Å²) in [5.74, 6) is 0.252. The second kappa shape index (κ2) is 12.6. The summed E-state index contributed by atoms with van der Waals surface area (Å²) in [5, 5.41) is 0. The lowest BCUT2D eigenvalue weighted by molar-refractivity contribution is -0.324. The highest BCUT2D eigenvalue weighted by molar-refractivity contribution is 5.54. The Balaban J connectivity index is 3.12. The average molecular weight is 623 g/mol. The molecule has 0 aliphatic heterocycles. The molecule has 0 heterocycles. The first kappa shape index (κ1) is 39.2. The van der Waals surface area contributed by atoms with Gasteiger partial charge in [0.15, 0.2) is 0 Å². The molecule has 0 bridgehead atoms. The SMILES string of the molecule is CCOC(Oc1c(C(C)(C)C)cc(C(C)(C)C)cc1C(C)(C)C)(Oc1c(C(C)(C)C)cc(C(C)(C)C)cc1C(C)(C)C)C(C)C. The summed E-state index contributed by atoms with van der Waals surface area (Å²) in [6.07, 6.45) is 0. The average Bonchev–Trinajstić information content (AvgIpc) is 2.79. The minimum absolute atomic E-state index is 0.0118. The van der Waals surface area contributed by atoms with Gasteiger partial charge in [-0.15, -0.1) is 0 Å². The number of benzene rings is 2. The van der Waals surface area contributed by atoms with E-state index in [1.807, 2.05) is 6.92 Å². The third-order valence-electron chi connectivity index (χ3n) is 8.68. The molecule has 0 aliphatic carbocycles. The van der Waals surface area contributed by atoms with Gasteiger partial charge in [0, 0.05) is 22.3 Å². The lowest BCUT2D eigenvalue weighted by Gasteiger charge is -2.43. The predicted molar refractivity (Wildman–Crippen MR) is 196 cm³/mol. The molecule has 0 radical (unpaired) electrons. The van der Waals surface area contributed by atoms with Gasteiger partial charge in [0.2, 0.25) is 0 Å². The van der Waals surface area contributed by atoms with E-state index in [1.165, 1.54) is 33.4 Å². The zero-order valence-electron chi connectivity index (χ0n) is 33.3. The van der Waals surface area contributed by atoms with Gasteiger partial charge in [-0.25, -0.2) is 0 Å². The lowest BCUT2D eigenvalue weighted by Crippen LogP contribution is -2.51. The van der Waals surface area contributed by atoms with Gasteiger partial charge in [-0.05, 0) is 50.5 Å². The lowest BCUT2D eigenvalue weighted by atomic mass is 9.74. The minimum atomic E-state index is -1.36. The Labute approximate surface area is 279 Å². The maximum absolute atomic E-state index is 7.38. The monoisotopic (exact) mass is 623 g/mol.